The molecule has 0 radical (unpaired) electrons. The number of alkyl carbamates (subject to hydrolysis) is 1. The largest absolute Gasteiger partial charge is 0.508 e. The highest BCUT2D eigenvalue weighted by molar-refractivity contribution is 5.94. The summed E-state index contributed by atoms with van der Waals surface area (Å²) in [6, 6.07) is 6.22. The van der Waals surface area contributed by atoms with Crippen LogP contribution in [0.2, 0.25) is 0 Å². The third-order valence-electron chi connectivity index (χ3n) is 13.4. The summed E-state index contributed by atoms with van der Waals surface area (Å²) >= 11 is 0. The maximum absolute atomic E-state index is 15.0. The normalized spacial score (nSPS) is 34.5. The van der Waals surface area contributed by atoms with Crippen molar-refractivity contribution in [2.75, 3.05) is 13.7 Å². The number of carboxylic acids is 1. The van der Waals surface area contributed by atoms with Crippen LogP contribution < -0.4 is 5.32 Å². The van der Waals surface area contributed by atoms with Gasteiger partial charge in [-0.2, -0.15) is 0 Å². The molecule has 1 amide bonds. The third kappa shape index (κ3) is 7.33. The number of hydrogen-bond donors (Lipinski definition) is 6. The van der Waals surface area contributed by atoms with Crippen molar-refractivity contribution in [3.8, 4) is 0 Å². The van der Waals surface area contributed by atoms with Crippen LogP contribution in [-0.4, -0.2) is 134 Å². The van der Waals surface area contributed by atoms with Gasteiger partial charge >= 0.3 is 30.2 Å². The van der Waals surface area contributed by atoms with E-state index in [0.29, 0.717) is 0 Å². The molecule has 60 heavy (non-hydrogen) atoms. The van der Waals surface area contributed by atoms with Gasteiger partial charge < -0.3 is 59.3 Å². The van der Waals surface area contributed by atoms with Crippen molar-refractivity contribution in [3.63, 3.8) is 0 Å². The molecule has 2 bridgehead atoms. The fraction of sp³-hybridized carbons (Fsp3) is 0.667. The average molecular weight is 848 g/mol. The van der Waals surface area contributed by atoms with Crippen LogP contribution in [-0.2, 0) is 42.8 Å². The Hall–Kier alpha value is -4.62. The van der Waals surface area contributed by atoms with E-state index in [-0.39, 0.29) is 23.1 Å². The van der Waals surface area contributed by atoms with E-state index in [1.165, 1.54) is 46.8 Å². The summed E-state index contributed by atoms with van der Waals surface area (Å²) in [6.07, 6.45) is -12.3. The fourth-order valence-electron chi connectivity index (χ4n) is 9.54. The summed E-state index contributed by atoms with van der Waals surface area (Å²) in [4.78, 5) is 81.0. The van der Waals surface area contributed by atoms with Crippen molar-refractivity contribution in [1.82, 2.24) is 5.32 Å². The van der Waals surface area contributed by atoms with E-state index < -0.39 is 130 Å². The lowest BCUT2D eigenvalue weighted by Gasteiger charge is -2.67. The average Bonchev–Trinajstić information content (AvgIpc) is 3.14. The van der Waals surface area contributed by atoms with Gasteiger partial charge in [-0.3, -0.25) is 4.79 Å². The molecule has 2 saturated carbocycles. The molecule has 3 fully saturated rings. The zero-order valence-corrected chi connectivity index (χ0v) is 35.7. The van der Waals surface area contributed by atoms with Crippen LogP contribution in [0.5, 0.6) is 0 Å². The highest BCUT2D eigenvalue weighted by Crippen LogP contribution is 2.65. The van der Waals surface area contributed by atoms with Gasteiger partial charge in [-0.25, -0.2) is 24.0 Å². The minimum atomic E-state index is -2.47. The second-order valence-corrected chi connectivity index (χ2v) is 18.8. The number of fused-ring (bicyclic) bond motifs is 5. The fourth-order valence-corrected chi connectivity index (χ4v) is 9.54. The molecular weight excluding hydrogens is 790 g/mol. The van der Waals surface area contributed by atoms with Crippen LogP contribution in [0, 0.1) is 22.2 Å². The number of aliphatic hydroxyl groups is 4. The lowest BCUT2D eigenvalue weighted by Crippen LogP contribution is -2.82. The zero-order valence-electron chi connectivity index (χ0n) is 35.7. The molecule has 18 nitrogen and oxygen atoms in total. The number of carboxylic acid groups (broad SMARTS) is 1. The minimum Gasteiger partial charge on any atom is -0.478 e. The van der Waals surface area contributed by atoms with Gasteiger partial charge in [-0.1, -0.05) is 52.8 Å². The maximum Gasteiger partial charge on any atom is 0.508 e. The topological polar surface area (TPSA) is 271 Å². The lowest BCUT2D eigenvalue weighted by molar-refractivity contribution is -0.345. The first-order chi connectivity index (χ1) is 27.5. The molecule has 1 aliphatic heterocycles. The number of amides is 1. The van der Waals surface area contributed by atoms with E-state index in [4.69, 9.17) is 28.4 Å². The molecule has 332 valence electrons. The standard InChI is InChI=1S/C42H57NO17/c1-20-24-25(45)29(47)40(10)22(44)17-23-41(19-56-23,60-35(53)55-11)27(40)30(57-31(48)21-15-13-12-14-16-21)42(54,37(24,5)6)18-39(20,9)58-32(49)26(46)28(36(2,3)4)43-34(52)59-38(7,8)33(50)51/h12-16,22-23,25-28,30,44-46,54H,17-19H2,1-11H3,(H,43,52)(H,50,51)/t22?,23-,25-,26-,27?,28-,30+,39+,40-,41+,42-/m1/s1. The number of nitrogens with one attached hydrogen (secondary N) is 1. The van der Waals surface area contributed by atoms with Crippen LogP contribution in [0.1, 0.15) is 92.4 Å². The van der Waals surface area contributed by atoms with Gasteiger partial charge in [0.15, 0.2) is 17.5 Å². The number of aliphatic carboxylic acids is 1. The summed E-state index contributed by atoms with van der Waals surface area (Å²) in [5, 5.41) is 61.1. The van der Waals surface area contributed by atoms with Gasteiger partial charge in [0.25, 0.3) is 0 Å². The Kier molecular flexibility index (Phi) is 11.9. The Morgan fingerprint density at radius 2 is 1.57 bits per heavy atom. The van der Waals surface area contributed by atoms with Crippen molar-refractivity contribution in [1.29, 1.82) is 0 Å². The number of esters is 2. The Morgan fingerprint density at radius 3 is 2.08 bits per heavy atom. The Bertz CT molecular complexity index is 1960. The van der Waals surface area contributed by atoms with E-state index in [1.54, 1.807) is 39.0 Å². The first-order valence-electron chi connectivity index (χ1n) is 19.6. The van der Waals surface area contributed by atoms with E-state index in [1.807, 2.05) is 0 Å². The Labute approximate surface area is 347 Å². The van der Waals surface area contributed by atoms with Gasteiger partial charge in [0.1, 0.15) is 29.5 Å². The van der Waals surface area contributed by atoms with Gasteiger partial charge in [-0.05, 0) is 63.3 Å². The van der Waals surface area contributed by atoms with Crippen molar-refractivity contribution >= 4 is 35.9 Å². The van der Waals surface area contributed by atoms with Crippen molar-refractivity contribution in [2.24, 2.45) is 22.2 Å². The molecule has 1 aromatic carbocycles. The van der Waals surface area contributed by atoms with Gasteiger partial charge in [0, 0.05) is 18.3 Å². The number of rotatable bonds is 9. The number of benzene rings is 1. The molecule has 18 heteroatoms. The summed E-state index contributed by atoms with van der Waals surface area (Å²) in [5.41, 5.74) is -13.4. The molecule has 1 saturated heterocycles. The van der Waals surface area contributed by atoms with Crippen molar-refractivity contribution < 1.29 is 82.7 Å². The highest BCUT2D eigenvalue weighted by atomic mass is 16.8. The second-order valence-electron chi connectivity index (χ2n) is 18.8. The second kappa shape index (κ2) is 15.4. The predicted octanol–water partition coefficient (Wildman–Crippen LogP) is 2.61. The Morgan fingerprint density at radius 1 is 0.967 bits per heavy atom. The number of aliphatic hydroxyl groups excluding tert-OH is 3. The molecule has 2 unspecified atom stereocenters. The summed E-state index contributed by atoms with van der Waals surface area (Å²) in [5.74, 6) is -6.42. The van der Waals surface area contributed by atoms with Gasteiger partial charge in [-0.15, -0.1) is 0 Å². The first kappa shape index (κ1) is 46.4. The number of methoxy groups -OCH3 is 1. The molecule has 5 rings (SSSR count). The summed E-state index contributed by atoms with van der Waals surface area (Å²) in [7, 11) is 1.05. The van der Waals surface area contributed by atoms with E-state index >= 15 is 4.79 Å². The van der Waals surface area contributed by atoms with Crippen LogP contribution in [0.3, 0.4) is 0 Å². The predicted molar refractivity (Wildman–Crippen MR) is 206 cm³/mol. The highest BCUT2D eigenvalue weighted by Gasteiger charge is 2.79. The van der Waals surface area contributed by atoms with E-state index in [9.17, 15) is 49.5 Å². The zero-order chi connectivity index (χ0) is 45.3. The molecule has 4 aliphatic rings. The Balaban J connectivity index is 1.69. The summed E-state index contributed by atoms with van der Waals surface area (Å²) in [6.45, 7) is 13.7. The summed E-state index contributed by atoms with van der Waals surface area (Å²) < 4.78 is 34.0. The molecular formula is C42H57NO17. The number of Topliss-reactive ketones (excluding diaryl/α,β-unsaturated/α-hetero) is 1. The van der Waals surface area contributed by atoms with Crippen LogP contribution in [0.4, 0.5) is 9.59 Å². The monoisotopic (exact) mass is 847 g/mol. The molecule has 3 aliphatic carbocycles. The molecule has 6 N–H and O–H groups in total. The van der Waals surface area contributed by atoms with Crippen molar-refractivity contribution in [2.45, 2.75) is 141 Å². The van der Waals surface area contributed by atoms with Crippen molar-refractivity contribution in [3.05, 3.63) is 47.0 Å². The maximum atomic E-state index is 15.0. The molecule has 1 aromatic rings. The molecule has 11 atom stereocenters. The van der Waals surface area contributed by atoms with E-state index in [2.05, 4.69) is 5.32 Å². The number of ketones is 1. The van der Waals surface area contributed by atoms with Crippen LogP contribution in [0.15, 0.2) is 41.5 Å². The van der Waals surface area contributed by atoms with E-state index in [0.717, 1.165) is 21.0 Å². The van der Waals surface area contributed by atoms with Gasteiger partial charge in [0.2, 0.25) is 5.60 Å². The van der Waals surface area contributed by atoms with Crippen LogP contribution >= 0.6 is 0 Å². The molecule has 1 heterocycles. The number of carbonyl (C=O) groups excluding carboxylic acids is 5. The first-order valence-corrected chi connectivity index (χ1v) is 19.6. The quantitative estimate of drug-likeness (QED) is 0.118. The smallest absolute Gasteiger partial charge is 0.478 e. The number of carbonyl (C=O) groups is 6. The number of hydrogen-bond acceptors (Lipinski definition) is 16. The molecule has 0 aromatic heterocycles. The lowest BCUT2D eigenvalue weighted by atomic mass is 9.44. The number of ether oxygens (including phenoxy) is 6. The minimum absolute atomic E-state index is 0.0285. The van der Waals surface area contributed by atoms with Crippen LogP contribution in [0.25, 0.3) is 0 Å². The molecule has 0 spiro atoms. The SMILES string of the molecule is COC(=O)O[C@@]12CO[C@@H]1CC(O)[C@@]1(C)C(=O)[C@H](O)C3=C(C)[C@@](C)(OC(=O)[C@H](O)[C@@H](NC(=O)OC(C)(C)C(=O)O)C(C)(C)C)C[C@@](O)([C@@H](OC(=O)c4ccccc4)C12)C3(C)C. The third-order valence-corrected chi connectivity index (χ3v) is 13.4. The van der Waals surface area contributed by atoms with Gasteiger partial charge in [0.05, 0.1) is 42.8 Å².